The lowest BCUT2D eigenvalue weighted by atomic mass is 9.84. The summed E-state index contributed by atoms with van der Waals surface area (Å²) in [4.78, 5) is 0. The molecule has 1 aromatic heterocycles. The third kappa shape index (κ3) is 4.03. The van der Waals surface area contributed by atoms with Crippen molar-refractivity contribution in [2.75, 3.05) is 13.2 Å². The van der Waals surface area contributed by atoms with Gasteiger partial charge in [-0.05, 0) is 53.4 Å². The fourth-order valence-electron chi connectivity index (χ4n) is 4.81. The number of benzene rings is 4. The maximum atomic E-state index is 14.5. The lowest BCUT2D eigenvalue weighted by Gasteiger charge is -2.23. The van der Waals surface area contributed by atoms with E-state index in [1.807, 2.05) is 78.9 Å². The minimum atomic E-state index is -1.68. The van der Waals surface area contributed by atoms with E-state index in [9.17, 15) is 8.78 Å². The summed E-state index contributed by atoms with van der Waals surface area (Å²) in [5.41, 5.74) is 3.78. The van der Waals surface area contributed by atoms with E-state index >= 15 is 0 Å². The number of hydrogen-bond donors (Lipinski definition) is 0. The quantitative estimate of drug-likeness (QED) is 0.261. The number of fused-ring (bicyclic) bond motifs is 4. The molecular weight excluding hydrogens is 446 g/mol. The predicted molar refractivity (Wildman–Crippen MR) is 133 cm³/mol. The number of ether oxygens (including phenoxy) is 2. The van der Waals surface area contributed by atoms with Crippen LogP contribution in [0.5, 0.6) is 11.5 Å². The van der Waals surface area contributed by atoms with Crippen LogP contribution in [0, 0.1) is 0 Å². The van der Waals surface area contributed by atoms with Gasteiger partial charge in [-0.1, -0.05) is 60.7 Å². The minimum Gasteiger partial charge on any atom is -0.486 e. The van der Waals surface area contributed by atoms with E-state index in [4.69, 9.17) is 13.9 Å². The highest BCUT2D eigenvalue weighted by Crippen LogP contribution is 2.41. The number of allylic oxidation sites excluding steroid dienone is 1. The van der Waals surface area contributed by atoms with Gasteiger partial charge < -0.3 is 13.9 Å². The van der Waals surface area contributed by atoms with Crippen LogP contribution in [0.25, 0.3) is 27.5 Å². The number of furan rings is 1. The summed E-state index contributed by atoms with van der Waals surface area (Å²) in [5.74, 6) is 1.03. The van der Waals surface area contributed by atoms with E-state index in [1.54, 1.807) is 12.1 Å². The zero-order valence-electron chi connectivity index (χ0n) is 18.8. The van der Waals surface area contributed by atoms with Gasteiger partial charge in [0.05, 0.1) is 0 Å². The molecule has 0 N–H and O–H groups in total. The fourth-order valence-corrected chi connectivity index (χ4v) is 4.81. The molecule has 0 fully saturated rings. The molecule has 3 nitrogen and oxygen atoms in total. The Labute approximate surface area is 201 Å². The second kappa shape index (κ2) is 8.91. The molecule has 4 aromatic carbocycles. The van der Waals surface area contributed by atoms with Gasteiger partial charge in [-0.25, -0.2) is 0 Å². The lowest BCUT2D eigenvalue weighted by Crippen LogP contribution is -2.15. The molecule has 0 aliphatic carbocycles. The number of para-hydroxylation sites is 1. The van der Waals surface area contributed by atoms with Gasteiger partial charge in [-0.3, -0.25) is 0 Å². The van der Waals surface area contributed by atoms with Crippen LogP contribution in [-0.2, 0) is 0 Å². The molecule has 1 unspecified atom stereocenters. The van der Waals surface area contributed by atoms with Crippen molar-refractivity contribution in [2.45, 2.75) is 12.3 Å². The molecule has 0 spiro atoms. The van der Waals surface area contributed by atoms with Crippen LogP contribution in [0.4, 0.5) is 8.78 Å². The van der Waals surface area contributed by atoms with Gasteiger partial charge in [0, 0.05) is 22.3 Å². The van der Waals surface area contributed by atoms with Crippen molar-refractivity contribution in [1.29, 1.82) is 0 Å². The first-order chi connectivity index (χ1) is 17.2. The van der Waals surface area contributed by atoms with E-state index < -0.39 is 6.08 Å². The van der Waals surface area contributed by atoms with Crippen LogP contribution in [0.2, 0.25) is 0 Å². The van der Waals surface area contributed by atoms with Crippen LogP contribution in [0.15, 0.2) is 101 Å². The van der Waals surface area contributed by atoms with Crippen LogP contribution in [0.1, 0.15) is 29.0 Å². The second-order valence-electron chi connectivity index (χ2n) is 8.62. The highest BCUT2D eigenvalue weighted by molar-refractivity contribution is 6.05. The van der Waals surface area contributed by atoms with E-state index in [2.05, 4.69) is 0 Å². The van der Waals surface area contributed by atoms with Crippen molar-refractivity contribution in [3.8, 4) is 11.5 Å². The molecule has 5 heteroatoms. The van der Waals surface area contributed by atoms with Gasteiger partial charge in [-0.2, -0.15) is 8.78 Å². The van der Waals surface area contributed by atoms with Crippen LogP contribution < -0.4 is 9.47 Å². The Morgan fingerprint density at radius 3 is 2.26 bits per heavy atom. The summed E-state index contributed by atoms with van der Waals surface area (Å²) in [6, 6.07) is 28.4. The zero-order valence-corrected chi connectivity index (χ0v) is 18.8. The van der Waals surface area contributed by atoms with Gasteiger partial charge in [0.1, 0.15) is 24.4 Å². The largest absolute Gasteiger partial charge is 0.486 e. The summed E-state index contributed by atoms with van der Waals surface area (Å²) in [6.45, 7) is 0.967. The minimum absolute atomic E-state index is 0.0147. The van der Waals surface area contributed by atoms with Crippen LogP contribution in [0.3, 0.4) is 0 Å². The van der Waals surface area contributed by atoms with E-state index in [0.717, 1.165) is 27.5 Å². The molecule has 1 atom stereocenters. The molecule has 174 valence electrons. The van der Waals surface area contributed by atoms with E-state index in [0.29, 0.717) is 35.9 Å². The Bertz CT molecular complexity index is 1550. The smallest absolute Gasteiger partial charge is 0.274 e. The van der Waals surface area contributed by atoms with E-state index in [1.165, 1.54) is 0 Å². The number of halogens is 2. The fraction of sp³-hybridized carbons (Fsp3) is 0.133. The van der Waals surface area contributed by atoms with Gasteiger partial charge in [-0.15, -0.1) is 0 Å². The summed E-state index contributed by atoms with van der Waals surface area (Å²) >= 11 is 0. The average Bonchev–Trinajstić information content (AvgIpc) is 3.27. The maximum absolute atomic E-state index is 14.5. The predicted octanol–water partition coefficient (Wildman–Crippen LogP) is 8.19. The van der Waals surface area contributed by atoms with Crippen LogP contribution >= 0.6 is 0 Å². The molecule has 0 bridgehead atoms. The van der Waals surface area contributed by atoms with Crippen LogP contribution in [-0.4, -0.2) is 13.2 Å². The SMILES string of the molecule is FC(F)=C(CC(c1ccccc1)c1ccc2c(c1)OCCO2)c1ccc2oc3ccccc3c2c1. The zero-order chi connectivity index (χ0) is 23.8. The molecule has 0 amide bonds. The Kier molecular flexibility index (Phi) is 5.45. The Hall–Kier alpha value is -4.12. The van der Waals surface area contributed by atoms with Crippen molar-refractivity contribution >= 4 is 27.5 Å². The molecule has 1 aliphatic heterocycles. The molecule has 5 aromatic rings. The maximum Gasteiger partial charge on any atom is 0.274 e. The molecule has 6 rings (SSSR count). The summed E-state index contributed by atoms with van der Waals surface area (Å²) in [6.07, 6.45) is -1.55. The lowest BCUT2D eigenvalue weighted by molar-refractivity contribution is 0.171. The molecule has 1 aliphatic rings. The summed E-state index contributed by atoms with van der Waals surface area (Å²) in [7, 11) is 0. The molecule has 35 heavy (non-hydrogen) atoms. The van der Waals surface area contributed by atoms with Crippen molar-refractivity contribution in [3.05, 3.63) is 114 Å². The first kappa shape index (κ1) is 21.4. The summed E-state index contributed by atoms with van der Waals surface area (Å²) in [5, 5.41) is 1.74. The van der Waals surface area contributed by atoms with Gasteiger partial charge in [0.15, 0.2) is 11.5 Å². The second-order valence-corrected chi connectivity index (χ2v) is 8.62. The average molecular weight is 468 g/mol. The van der Waals surface area contributed by atoms with E-state index in [-0.39, 0.29) is 17.9 Å². The monoisotopic (exact) mass is 468 g/mol. The normalized spacial score (nSPS) is 13.7. The third-order valence-corrected chi connectivity index (χ3v) is 6.53. The molecule has 0 saturated carbocycles. The Balaban J connectivity index is 1.44. The first-order valence-electron chi connectivity index (χ1n) is 11.6. The molecule has 2 heterocycles. The van der Waals surface area contributed by atoms with Gasteiger partial charge in [0.2, 0.25) is 0 Å². The standard InChI is InChI=1S/C30H22F2O3/c31-30(32)24(20-10-12-27-25(16-20)22-8-4-5-9-26(22)35-27)18-23(19-6-2-1-3-7-19)21-11-13-28-29(17-21)34-15-14-33-28/h1-13,16-17,23H,14-15,18H2. The van der Waals surface area contributed by atoms with Gasteiger partial charge >= 0.3 is 0 Å². The summed E-state index contributed by atoms with van der Waals surface area (Å²) < 4.78 is 46.3. The Morgan fingerprint density at radius 1 is 0.686 bits per heavy atom. The van der Waals surface area contributed by atoms with Crippen molar-refractivity contribution < 1.29 is 22.7 Å². The van der Waals surface area contributed by atoms with Crippen molar-refractivity contribution in [1.82, 2.24) is 0 Å². The van der Waals surface area contributed by atoms with Crippen molar-refractivity contribution in [2.24, 2.45) is 0 Å². The van der Waals surface area contributed by atoms with Gasteiger partial charge in [0.25, 0.3) is 6.08 Å². The number of hydrogen-bond acceptors (Lipinski definition) is 3. The van der Waals surface area contributed by atoms with Crippen molar-refractivity contribution in [3.63, 3.8) is 0 Å². The molecule has 0 saturated heterocycles. The third-order valence-electron chi connectivity index (χ3n) is 6.53. The first-order valence-corrected chi connectivity index (χ1v) is 11.6. The molecular formula is C30H22F2O3. The highest BCUT2D eigenvalue weighted by atomic mass is 19.3. The number of rotatable bonds is 5. The molecule has 0 radical (unpaired) electrons. The Morgan fingerprint density at radius 2 is 1.43 bits per heavy atom. The highest BCUT2D eigenvalue weighted by Gasteiger charge is 2.23. The topological polar surface area (TPSA) is 31.6 Å².